The quantitative estimate of drug-likeness (QED) is 0.0442. The predicted octanol–water partition coefficient (Wildman–Crippen LogP) is 0.326. The second-order valence-electron chi connectivity index (χ2n) is 17.4. The minimum absolute atomic E-state index is 0.0188. The summed E-state index contributed by atoms with van der Waals surface area (Å²) in [5, 5.41) is 19.3. The molecule has 24 nitrogen and oxygen atoms in total. The maximum absolute atomic E-state index is 12.8. The fraction of sp³-hybridized carbons (Fsp3) is 0.660. The molecule has 0 saturated heterocycles. The van der Waals surface area contributed by atoms with Crippen LogP contribution in [-0.2, 0) is 84.5 Å². The van der Waals surface area contributed by atoms with E-state index in [0.29, 0.717) is 149 Å². The number of anilines is 1. The molecule has 1 aromatic carbocycles. The SMILES string of the molecule is [CH2]c1ccc(NC(=O)[C@H](CCCCN)NC(=O)COCC(=O)NCCOCCOCCOCCOCCOCCOCCOCCOCCn2cc(CNC(=O)C3CCC(CN4C(=O)C=CC4=O)CC3)nn2)cc1. The second-order valence-corrected chi connectivity index (χ2v) is 17.4. The highest BCUT2D eigenvalue weighted by atomic mass is 16.6. The molecule has 0 unspecified atom stereocenters. The Bertz CT molecular complexity index is 1930. The van der Waals surface area contributed by atoms with E-state index in [0.717, 1.165) is 31.2 Å². The molecule has 1 aromatic heterocycles. The van der Waals surface area contributed by atoms with Crippen LogP contribution in [0.15, 0.2) is 42.6 Å². The van der Waals surface area contributed by atoms with Crippen molar-refractivity contribution in [3.05, 3.63) is 60.8 Å². The van der Waals surface area contributed by atoms with E-state index in [2.05, 4.69) is 38.5 Å². The summed E-state index contributed by atoms with van der Waals surface area (Å²) in [6.45, 7) is 11.6. The standard InChI is InChI=1S/C50H78N9O15/c1-39-5-11-42(12-6-39)54-50(65)44(4-2-3-15-51)55-46(61)38-74-37-45(60)52-16-18-66-20-22-68-24-26-70-28-30-72-32-33-73-31-29-71-27-25-69-23-21-67-19-17-58-36-43(56-57-58)34-53-49(64)41-9-7-40(8-10-41)35-59-47(62)13-14-48(59)63/h5-6,11-14,36,40-41,44H,1-4,7-10,15-35,37-38,51H2,(H,52,60)(H,53,64)(H,54,65)(H,55,61)/t40?,41?,44-/m0/s1. The van der Waals surface area contributed by atoms with E-state index >= 15 is 0 Å². The summed E-state index contributed by atoms with van der Waals surface area (Å²) in [5.41, 5.74) is 7.65. The van der Waals surface area contributed by atoms with E-state index in [4.69, 9.17) is 48.4 Å². The predicted molar refractivity (Wildman–Crippen MR) is 268 cm³/mol. The number of hydrogen-bond acceptors (Lipinski definition) is 18. The summed E-state index contributed by atoms with van der Waals surface area (Å²) in [5.74, 6) is -1.70. The first-order valence-electron chi connectivity index (χ1n) is 25.5. The third-order valence-electron chi connectivity index (χ3n) is 11.5. The number of aromatic nitrogens is 3. The van der Waals surface area contributed by atoms with Gasteiger partial charge in [-0.2, -0.15) is 0 Å². The van der Waals surface area contributed by atoms with Crippen LogP contribution in [0.3, 0.4) is 0 Å². The molecule has 0 bridgehead atoms. The number of ether oxygens (including phenoxy) is 9. The Morgan fingerprint density at radius 1 is 0.662 bits per heavy atom. The maximum Gasteiger partial charge on any atom is 0.253 e. The van der Waals surface area contributed by atoms with Crippen molar-refractivity contribution >= 4 is 41.1 Å². The fourth-order valence-electron chi connectivity index (χ4n) is 7.49. The van der Waals surface area contributed by atoms with Gasteiger partial charge in [-0.3, -0.25) is 33.7 Å². The number of carbonyl (C=O) groups excluding carboxylic acids is 6. The highest BCUT2D eigenvalue weighted by Gasteiger charge is 2.31. The Balaban J connectivity index is 0.818. The van der Waals surface area contributed by atoms with Gasteiger partial charge in [0.15, 0.2) is 0 Å². The first-order chi connectivity index (χ1) is 36.1. The number of rotatable bonds is 43. The molecule has 4 rings (SSSR count). The summed E-state index contributed by atoms with van der Waals surface area (Å²) in [6.07, 6.45) is 9.18. The zero-order chi connectivity index (χ0) is 52.9. The first kappa shape index (κ1) is 61.3. The third-order valence-corrected chi connectivity index (χ3v) is 11.5. The van der Waals surface area contributed by atoms with Crippen LogP contribution in [0.5, 0.6) is 0 Å². The van der Waals surface area contributed by atoms with Gasteiger partial charge >= 0.3 is 0 Å². The van der Waals surface area contributed by atoms with Crippen molar-refractivity contribution in [2.75, 3.05) is 144 Å². The molecule has 413 valence electrons. The highest BCUT2D eigenvalue weighted by molar-refractivity contribution is 6.12. The minimum atomic E-state index is -0.782. The lowest BCUT2D eigenvalue weighted by molar-refractivity contribution is -0.138. The average molecular weight is 1050 g/mol. The Morgan fingerprint density at radius 2 is 1.19 bits per heavy atom. The van der Waals surface area contributed by atoms with Gasteiger partial charge in [-0.05, 0) is 82.0 Å². The van der Waals surface area contributed by atoms with Crippen molar-refractivity contribution in [3.8, 4) is 0 Å². The average Bonchev–Trinajstić information content (AvgIpc) is 3.99. The fourth-order valence-corrected chi connectivity index (χ4v) is 7.49. The molecule has 2 heterocycles. The van der Waals surface area contributed by atoms with Gasteiger partial charge in [0.25, 0.3) is 11.8 Å². The van der Waals surface area contributed by atoms with Crippen molar-refractivity contribution < 1.29 is 71.4 Å². The Kier molecular flexibility index (Phi) is 31.7. The Labute approximate surface area is 433 Å². The van der Waals surface area contributed by atoms with Gasteiger partial charge in [0, 0.05) is 36.8 Å². The summed E-state index contributed by atoms with van der Waals surface area (Å²) in [4.78, 5) is 75.1. The zero-order valence-corrected chi connectivity index (χ0v) is 42.7. The van der Waals surface area contributed by atoms with Gasteiger partial charge in [0.2, 0.25) is 23.6 Å². The molecular formula is C50H78N9O15. The Morgan fingerprint density at radius 3 is 1.74 bits per heavy atom. The van der Waals surface area contributed by atoms with Gasteiger partial charge < -0.3 is 69.6 Å². The molecule has 1 saturated carbocycles. The van der Waals surface area contributed by atoms with Crippen molar-refractivity contribution in [1.29, 1.82) is 0 Å². The van der Waals surface area contributed by atoms with Crippen molar-refractivity contribution in [3.63, 3.8) is 0 Å². The van der Waals surface area contributed by atoms with Crippen LogP contribution >= 0.6 is 0 Å². The second kappa shape index (κ2) is 38.3. The number of unbranched alkanes of at least 4 members (excludes halogenated alkanes) is 1. The molecule has 24 heteroatoms. The number of nitrogens with one attached hydrogen (secondary N) is 4. The first-order valence-corrected chi connectivity index (χ1v) is 25.5. The summed E-state index contributed by atoms with van der Waals surface area (Å²) < 4.78 is 51.1. The van der Waals surface area contributed by atoms with E-state index < -0.39 is 17.9 Å². The molecule has 1 atom stereocenters. The number of carbonyl (C=O) groups is 6. The van der Waals surface area contributed by atoms with Gasteiger partial charge in [-0.25, -0.2) is 4.68 Å². The van der Waals surface area contributed by atoms with Crippen LogP contribution in [-0.4, -0.2) is 200 Å². The smallest absolute Gasteiger partial charge is 0.253 e. The molecule has 1 aliphatic carbocycles. The van der Waals surface area contributed by atoms with Crippen molar-refractivity contribution in [2.45, 2.75) is 64.1 Å². The van der Waals surface area contributed by atoms with E-state index in [9.17, 15) is 28.8 Å². The van der Waals surface area contributed by atoms with Crippen LogP contribution in [0.25, 0.3) is 0 Å². The highest BCUT2D eigenvalue weighted by Crippen LogP contribution is 2.30. The van der Waals surface area contributed by atoms with Gasteiger partial charge in [0.1, 0.15) is 24.9 Å². The number of imide groups is 1. The Hall–Kier alpha value is -5.28. The van der Waals surface area contributed by atoms with Crippen LogP contribution < -0.4 is 27.0 Å². The number of nitrogens with two attached hydrogens (primary N) is 1. The molecule has 1 radical (unpaired) electrons. The lowest BCUT2D eigenvalue weighted by atomic mass is 9.81. The summed E-state index contributed by atoms with van der Waals surface area (Å²) in [7, 11) is 0. The van der Waals surface area contributed by atoms with Crippen LogP contribution in [0, 0.1) is 18.8 Å². The molecule has 6 amide bonds. The van der Waals surface area contributed by atoms with E-state index in [1.165, 1.54) is 17.1 Å². The topological polar surface area (TPSA) is 294 Å². The van der Waals surface area contributed by atoms with Gasteiger partial charge in [-0.1, -0.05) is 17.3 Å². The lowest BCUT2D eigenvalue weighted by Gasteiger charge is -2.29. The molecule has 2 aliphatic rings. The molecule has 1 aliphatic heterocycles. The molecule has 6 N–H and O–H groups in total. The normalized spacial score (nSPS) is 15.9. The van der Waals surface area contributed by atoms with E-state index in [-0.39, 0.29) is 68.4 Å². The number of benzene rings is 1. The molecule has 0 spiro atoms. The maximum atomic E-state index is 12.8. The van der Waals surface area contributed by atoms with Crippen LogP contribution in [0.1, 0.15) is 56.2 Å². The van der Waals surface area contributed by atoms with Gasteiger partial charge in [-0.15, -0.1) is 5.10 Å². The monoisotopic (exact) mass is 1040 g/mol. The number of hydrogen-bond donors (Lipinski definition) is 5. The third kappa shape index (κ3) is 27.3. The minimum Gasteiger partial charge on any atom is -0.377 e. The zero-order valence-electron chi connectivity index (χ0n) is 42.7. The van der Waals surface area contributed by atoms with E-state index in [1.807, 2.05) is 0 Å². The number of amides is 6. The largest absolute Gasteiger partial charge is 0.377 e. The van der Waals surface area contributed by atoms with E-state index in [1.54, 1.807) is 35.1 Å². The molecular weight excluding hydrogens is 967 g/mol. The number of nitrogens with zero attached hydrogens (tertiary/aromatic N) is 4. The lowest BCUT2D eigenvalue weighted by Crippen LogP contribution is -2.45. The van der Waals surface area contributed by atoms with Crippen molar-refractivity contribution in [1.82, 2.24) is 35.8 Å². The molecule has 74 heavy (non-hydrogen) atoms. The van der Waals surface area contributed by atoms with Crippen LogP contribution in [0.2, 0.25) is 0 Å². The van der Waals surface area contributed by atoms with Crippen LogP contribution in [0.4, 0.5) is 5.69 Å². The molecule has 2 aromatic rings. The van der Waals surface area contributed by atoms with Gasteiger partial charge in [0.05, 0.1) is 125 Å². The summed E-state index contributed by atoms with van der Waals surface area (Å²) >= 11 is 0. The van der Waals surface area contributed by atoms with Crippen molar-refractivity contribution in [2.24, 2.45) is 17.6 Å². The summed E-state index contributed by atoms with van der Waals surface area (Å²) in [6, 6.07) is 6.23. The molecule has 1 fully saturated rings.